The third-order valence-electron chi connectivity index (χ3n) is 2.02. The Kier molecular flexibility index (Phi) is 7.16. The van der Waals surface area contributed by atoms with Gasteiger partial charge in [0, 0.05) is 6.07 Å². The topological polar surface area (TPSA) is 75.1 Å². The number of hydrogen-bond donors (Lipinski definition) is 0. The average molecular weight is 288 g/mol. The molecule has 1 heterocycles. The van der Waals surface area contributed by atoms with Crippen LogP contribution in [-0.2, 0) is 17.7 Å². The second kappa shape index (κ2) is 8.10. The summed E-state index contributed by atoms with van der Waals surface area (Å²) in [7, 11) is 0. The van der Waals surface area contributed by atoms with Crippen molar-refractivity contribution in [2.24, 2.45) is 0 Å². The molecule has 7 heteroatoms. The summed E-state index contributed by atoms with van der Waals surface area (Å²) in [5.41, 5.74) is 1.01. The molecular weight excluding hydrogens is 279 g/mol. The van der Waals surface area contributed by atoms with Crippen LogP contribution in [0.15, 0.2) is 47.5 Å². The molecule has 0 aliphatic carbocycles. The summed E-state index contributed by atoms with van der Waals surface area (Å²) in [4.78, 5) is 0. The minimum absolute atomic E-state index is 0. The Hall–Kier alpha value is -0.154. The van der Waals surface area contributed by atoms with E-state index in [1.807, 2.05) is 30.3 Å². The van der Waals surface area contributed by atoms with Crippen molar-refractivity contribution >= 4 is 11.1 Å². The van der Waals surface area contributed by atoms with Gasteiger partial charge in [-0.1, -0.05) is 30.3 Å². The molecule has 0 saturated carbocycles. The number of ether oxygens (including phenoxy) is 1. The summed E-state index contributed by atoms with van der Waals surface area (Å²) in [5, 5.41) is 7.05. The summed E-state index contributed by atoms with van der Waals surface area (Å²) in [6.07, 6.45) is 0. The van der Waals surface area contributed by atoms with Crippen LogP contribution in [0.3, 0.4) is 0 Å². The van der Waals surface area contributed by atoms with Crippen molar-refractivity contribution < 1.29 is 64.9 Å². The van der Waals surface area contributed by atoms with Crippen LogP contribution in [-0.4, -0.2) is 19.0 Å². The quantitative estimate of drug-likeness (QED) is 0.495. The predicted molar refractivity (Wildman–Crippen MR) is 60.0 cm³/mol. The molecule has 1 aromatic heterocycles. The number of rotatable bonds is 4. The molecule has 0 fully saturated rings. The molecule has 0 N–H and O–H groups in total. The zero-order valence-electron chi connectivity index (χ0n) is 9.78. The van der Waals surface area contributed by atoms with Crippen molar-refractivity contribution in [3.63, 3.8) is 0 Å². The zero-order chi connectivity index (χ0) is 12.1. The molecule has 0 saturated heterocycles. The van der Waals surface area contributed by atoms with Gasteiger partial charge < -0.3 is 9.29 Å². The van der Waals surface area contributed by atoms with E-state index in [9.17, 15) is 8.76 Å². The standard InChI is InChI=1S/C11H10N2O3S.K/c14-17(15)11-7-6-10(12-13-11)16-8-9-4-2-1-3-5-9;/h1-7H,8H2,(H,14,15);/q;+1/p-1. The molecule has 18 heavy (non-hydrogen) atoms. The minimum Gasteiger partial charge on any atom is -0.767 e. The van der Waals surface area contributed by atoms with E-state index in [1.165, 1.54) is 12.1 Å². The van der Waals surface area contributed by atoms with Gasteiger partial charge in [-0.05, 0) is 22.7 Å². The Bertz CT molecular complexity index is 507. The predicted octanol–water partition coefficient (Wildman–Crippen LogP) is -1.70. The van der Waals surface area contributed by atoms with Crippen LogP contribution in [0.4, 0.5) is 0 Å². The largest absolute Gasteiger partial charge is 1.00 e. The van der Waals surface area contributed by atoms with Gasteiger partial charge in [-0.3, -0.25) is 4.21 Å². The van der Waals surface area contributed by atoms with E-state index in [-0.39, 0.29) is 56.4 Å². The van der Waals surface area contributed by atoms with Crippen LogP contribution in [0.25, 0.3) is 0 Å². The molecule has 0 amide bonds. The van der Waals surface area contributed by atoms with Gasteiger partial charge in [0.25, 0.3) is 0 Å². The van der Waals surface area contributed by atoms with Gasteiger partial charge in [0.2, 0.25) is 5.88 Å². The molecule has 0 bridgehead atoms. The van der Waals surface area contributed by atoms with Crippen LogP contribution in [0.1, 0.15) is 5.56 Å². The molecule has 0 aliphatic heterocycles. The van der Waals surface area contributed by atoms with Crippen LogP contribution in [0.2, 0.25) is 0 Å². The third-order valence-corrected chi connectivity index (χ3v) is 2.58. The molecule has 0 aliphatic rings. The molecule has 1 atom stereocenters. The van der Waals surface area contributed by atoms with Crippen molar-refractivity contribution in [3.05, 3.63) is 48.0 Å². The van der Waals surface area contributed by atoms with E-state index >= 15 is 0 Å². The van der Waals surface area contributed by atoms with E-state index in [4.69, 9.17) is 4.74 Å². The fourth-order valence-corrected chi connectivity index (χ4v) is 1.49. The maximum atomic E-state index is 10.5. The number of hydrogen-bond acceptors (Lipinski definition) is 5. The van der Waals surface area contributed by atoms with Crippen LogP contribution < -0.4 is 56.1 Å². The Morgan fingerprint density at radius 2 is 1.83 bits per heavy atom. The Labute approximate surface area is 150 Å². The maximum Gasteiger partial charge on any atom is 1.00 e. The molecule has 88 valence electrons. The summed E-state index contributed by atoms with van der Waals surface area (Å²) in [6, 6.07) is 12.4. The Morgan fingerprint density at radius 3 is 2.39 bits per heavy atom. The molecule has 2 rings (SSSR count). The van der Waals surface area contributed by atoms with E-state index < -0.39 is 11.1 Å². The van der Waals surface area contributed by atoms with Crippen LogP contribution >= 0.6 is 0 Å². The van der Waals surface area contributed by atoms with Gasteiger partial charge in [-0.2, -0.15) is 0 Å². The van der Waals surface area contributed by atoms with Crippen molar-refractivity contribution in [1.82, 2.24) is 10.2 Å². The van der Waals surface area contributed by atoms with Gasteiger partial charge in [0.05, 0.1) is 0 Å². The summed E-state index contributed by atoms with van der Waals surface area (Å²) < 4.78 is 26.4. The smallest absolute Gasteiger partial charge is 0.767 e. The zero-order valence-corrected chi connectivity index (χ0v) is 13.7. The van der Waals surface area contributed by atoms with Crippen LogP contribution in [0, 0.1) is 0 Å². The molecule has 2 aromatic rings. The molecule has 0 spiro atoms. The first-order chi connectivity index (χ1) is 8.25. The fraction of sp³-hybridized carbons (Fsp3) is 0.0909. The van der Waals surface area contributed by atoms with Crippen LogP contribution in [0.5, 0.6) is 5.88 Å². The normalized spacial score (nSPS) is 11.4. The second-order valence-corrected chi connectivity index (χ2v) is 4.11. The Balaban J connectivity index is 0.00000162. The first-order valence-corrected chi connectivity index (χ1v) is 5.93. The summed E-state index contributed by atoms with van der Waals surface area (Å²) in [5.74, 6) is 0.294. The van der Waals surface area contributed by atoms with Gasteiger partial charge in [0.15, 0.2) is 0 Å². The summed E-state index contributed by atoms with van der Waals surface area (Å²) in [6.45, 7) is 0.370. The molecule has 1 unspecified atom stereocenters. The fourth-order valence-electron chi connectivity index (χ4n) is 1.21. The summed E-state index contributed by atoms with van der Waals surface area (Å²) >= 11 is -2.36. The Morgan fingerprint density at radius 1 is 1.11 bits per heavy atom. The van der Waals surface area contributed by atoms with Crippen molar-refractivity contribution in [1.29, 1.82) is 0 Å². The first kappa shape index (κ1) is 15.9. The monoisotopic (exact) mass is 288 g/mol. The van der Waals surface area contributed by atoms with E-state index in [2.05, 4.69) is 10.2 Å². The van der Waals surface area contributed by atoms with Gasteiger partial charge in [-0.25, -0.2) is 0 Å². The SMILES string of the molecule is O=S([O-])c1ccc(OCc2ccccc2)nn1.[K+]. The molecule has 0 radical (unpaired) electrons. The van der Waals surface area contributed by atoms with E-state index in [0.29, 0.717) is 12.5 Å². The number of nitrogens with zero attached hydrogens (tertiary/aromatic N) is 2. The number of aromatic nitrogens is 2. The van der Waals surface area contributed by atoms with Crippen molar-refractivity contribution in [3.8, 4) is 5.88 Å². The van der Waals surface area contributed by atoms with E-state index in [0.717, 1.165) is 5.56 Å². The molecule has 1 aromatic carbocycles. The number of benzene rings is 1. The minimum atomic E-state index is -2.36. The maximum absolute atomic E-state index is 10.5. The van der Waals surface area contributed by atoms with E-state index in [1.54, 1.807) is 0 Å². The average Bonchev–Trinajstić information content (AvgIpc) is 2.38. The molecule has 5 nitrogen and oxygen atoms in total. The van der Waals surface area contributed by atoms with Gasteiger partial charge in [-0.15, -0.1) is 10.2 Å². The van der Waals surface area contributed by atoms with Crippen molar-refractivity contribution in [2.75, 3.05) is 0 Å². The molecular formula is C11H9KN2O3S. The third kappa shape index (κ3) is 4.85. The van der Waals surface area contributed by atoms with Gasteiger partial charge in [0.1, 0.15) is 11.6 Å². The van der Waals surface area contributed by atoms with Gasteiger partial charge >= 0.3 is 51.4 Å². The van der Waals surface area contributed by atoms with Crippen molar-refractivity contribution in [2.45, 2.75) is 11.6 Å². The first-order valence-electron chi connectivity index (χ1n) is 4.85. The second-order valence-electron chi connectivity index (χ2n) is 3.22.